The first-order chi connectivity index (χ1) is 11.4. The van der Waals surface area contributed by atoms with E-state index in [-0.39, 0.29) is 24.3 Å². The van der Waals surface area contributed by atoms with Gasteiger partial charge in [-0.3, -0.25) is 19.5 Å². The average Bonchev–Trinajstić information content (AvgIpc) is 3.36. The van der Waals surface area contributed by atoms with Crippen LogP contribution in [0.1, 0.15) is 32.4 Å². The quantitative estimate of drug-likeness (QED) is 0.829. The molecule has 1 saturated carbocycles. The third-order valence-electron chi connectivity index (χ3n) is 4.88. The molecule has 0 bridgehead atoms. The summed E-state index contributed by atoms with van der Waals surface area (Å²) < 4.78 is 0. The fourth-order valence-electron chi connectivity index (χ4n) is 3.26. The molecule has 2 fully saturated rings. The summed E-state index contributed by atoms with van der Waals surface area (Å²) in [5.41, 5.74) is 0.563. The molecule has 1 N–H and O–H groups in total. The molecule has 1 unspecified atom stereocenters. The second-order valence-corrected chi connectivity index (χ2v) is 6.54. The van der Waals surface area contributed by atoms with E-state index < -0.39 is 11.6 Å². The van der Waals surface area contributed by atoms with Crippen LogP contribution in [-0.4, -0.2) is 46.4 Å². The van der Waals surface area contributed by atoms with E-state index in [9.17, 15) is 14.4 Å². The maximum atomic E-state index is 12.7. The van der Waals surface area contributed by atoms with Gasteiger partial charge >= 0.3 is 6.03 Å². The minimum Gasteiger partial charge on any atom is -0.323 e. The molecule has 1 atom stereocenters. The Morgan fingerprint density at radius 3 is 2.75 bits per heavy atom. The van der Waals surface area contributed by atoms with Crippen LogP contribution in [0.2, 0.25) is 0 Å². The molecule has 2 aliphatic rings. The van der Waals surface area contributed by atoms with Gasteiger partial charge in [0.1, 0.15) is 12.1 Å². The second kappa shape index (κ2) is 5.89. The number of nitrogens with zero attached hydrogens (tertiary/aromatic N) is 3. The SMILES string of the molecule is CCN(C(=O)CN1C(=O)NC(C)(C2CC2)C1=O)c1cccnc1C. The highest BCUT2D eigenvalue weighted by Crippen LogP contribution is 2.42. The number of nitrogens with one attached hydrogen (secondary N) is 1. The summed E-state index contributed by atoms with van der Waals surface area (Å²) in [7, 11) is 0. The monoisotopic (exact) mass is 330 g/mol. The van der Waals surface area contributed by atoms with Gasteiger partial charge in [-0.2, -0.15) is 0 Å². The number of urea groups is 1. The number of rotatable bonds is 5. The van der Waals surface area contributed by atoms with Crippen molar-refractivity contribution in [3.63, 3.8) is 0 Å². The van der Waals surface area contributed by atoms with Crippen LogP contribution in [-0.2, 0) is 9.59 Å². The van der Waals surface area contributed by atoms with Crippen molar-refractivity contribution >= 4 is 23.5 Å². The summed E-state index contributed by atoms with van der Waals surface area (Å²) in [6, 6.07) is 3.08. The van der Waals surface area contributed by atoms with Crippen LogP contribution < -0.4 is 10.2 Å². The minimum absolute atomic E-state index is 0.178. The van der Waals surface area contributed by atoms with Gasteiger partial charge in [0.15, 0.2) is 0 Å². The van der Waals surface area contributed by atoms with Crippen molar-refractivity contribution in [2.75, 3.05) is 18.0 Å². The number of aromatic nitrogens is 1. The van der Waals surface area contributed by atoms with Gasteiger partial charge in [-0.15, -0.1) is 0 Å². The molecule has 4 amide bonds. The molecule has 3 rings (SSSR count). The Morgan fingerprint density at radius 2 is 2.17 bits per heavy atom. The number of imide groups is 1. The maximum Gasteiger partial charge on any atom is 0.325 e. The first-order valence-electron chi connectivity index (χ1n) is 8.24. The Morgan fingerprint density at radius 1 is 1.46 bits per heavy atom. The standard InChI is InChI=1S/C17H22N4O3/c1-4-20(13-6-5-9-18-11(13)2)14(22)10-21-15(23)17(3,12-7-8-12)19-16(21)24/h5-6,9,12H,4,7-8,10H2,1-3H3,(H,19,24). The Bertz CT molecular complexity index is 701. The number of anilines is 1. The van der Waals surface area contributed by atoms with E-state index in [1.165, 1.54) is 0 Å². The maximum absolute atomic E-state index is 12.7. The molecular formula is C17H22N4O3. The lowest BCUT2D eigenvalue weighted by Crippen LogP contribution is -2.47. The third kappa shape index (κ3) is 2.64. The highest BCUT2D eigenvalue weighted by atomic mass is 16.2. The van der Waals surface area contributed by atoms with E-state index in [0.29, 0.717) is 12.2 Å². The summed E-state index contributed by atoms with van der Waals surface area (Å²) in [5.74, 6) is -0.420. The van der Waals surface area contributed by atoms with Crippen LogP contribution in [0.3, 0.4) is 0 Å². The fourth-order valence-corrected chi connectivity index (χ4v) is 3.26. The van der Waals surface area contributed by atoms with E-state index in [1.54, 1.807) is 24.1 Å². The highest BCUT2D eigenvalue weighted by molar-refractivity contribution is 6.10. The lowest BCUT2D eigenvalue weighted by molar-refractivity contribution is -0.134. The van der Waals surface area contributed by atoms with Crippen molar-refractivity contribution in [3.8, 4) is 0 Å². The average molecular weight is 330 g/mol. The van der Waals surface area contributed by atoms with Crippen molar-refractivity contribution in [2.24, 2.45) is 5.92 Å². The van der Waals surface area contributed by atoms with Gasteiger partial charge in [-0.05, 0) is 51.7 Å². The number of pyridine rings is 1. The van der Waals surface area contributed by atoms with Gasteiger partial charge < -0.3 is 10.2 Å². The molecule has 1 aliphatic heterocycles. The Balaban J connectivity index is 1.77. The Labute approximate surface area is 141 Å². The Hall–Kier alpha value is -2.44. The molecule has 1 aliphatic carbocycles. The molecule has 0 radical (unpaired) electrons. The van der Waals surface area contributed by atoms with E-state index in [0.717, 1.165) is 23.4 Å². The van der Waals surface area contributed by atoms with E-state index in [1.807, 2.05) is 19.9 Å². The molecule has 1 saturated heterocycles. The molecule has 128 valence electrons. The molecule has 0 aromatic carbocycles. The molecule has 7 nitrogen and oxygen atoms in total. The molecule has 24 heavy (non-hydrogen) atoms. The minimum atomic E-state index is -0.862. The number of aryl methyl sites for hydroxylation is 1. The number of hydrogen-bond acceptors (Lipinski definition) is 4. The Kier molecular flexibility index (Phi) is 4.03. The summed E-state index contributed by atoms with van der Waals surface area (Å²) in [6.45, 7) is 5.61. The van der Waals surface area contributed by atoms with Crippen LogP contribution in [0.15, 0.2) is 18.3 Å². The smallest absolute Gasteiger partial charge is 0.323 e. The van der Waals surface area contributed by atoms with Crippen LogP contribution >= 0.6 is 0 Å². The van der Waals surface area contributed by atoms with Crippen LogP contribution in [0, 0.1) is 12.8 Å². The zero-order chi connectivity index (χ0) is 17.5. The van der Waals surface area contributed by atoms with E-state index in [4.69, 9.17) is 0 Å². The molecular weight excluding hydrogens is 308 g/mol. The van der Waals surface area contributed by atoms with Crippen molar-refractivity contribution < 1.29 is 14.4 Å². The van der Waals surface area contributed by atoms with Gasteiger partial charge in [0.05, 0.1) is 11.4 Å². The highest BCUT2D eigenvalue weighted by Gasteiger charge is 2.56. The van der Waals surface area contributed by atoms with Crippen molar-refractivity contribution in [3.05, 3.63) is 24.0 Å². The van der Waals surface area contributed by atoms with E-state index in [2.05, 4.69) is 10.3 Å². The summed E-state index contributed by atoms with van der Waals surface area (Å²) in [5, 5.41) is 2.76. The van der Waals surface area contributed by atoms with Gasteiger partial charge in [0, 0.05) is 12.7 Å². The molecule has 0 spiro atoms. The largest absolute Gasteiger partial charge is 0.325 e. The zero-order valence-electron chi connectivity index (χ0n) is 14.2. The first kappa shape index (κ1) is 16.4. The predicted molar refractivity (Wildman–Crippen MR) is 88.4 cm³/mol. The number of carbonyl (C=O) groups is 3. The normalized spacial score (nSPS) is 23.4. The van der Waals surface area contributed by atoms with Gasteiger partial charge in [-0.25, -0.2) is 4.79 Å². The first-order valence-corrected chi connectivity index (χ1v) is 8.24. The van der Waals surface area contributed by atoms with Gasteiger partial charge in [0.2, 0.25) is 5.91 Å². The summed E-state index contributed by atoms with van der Waals surface area (Å²) in [4.78, 5) is 44.3. The molecule has 1 aromatic rings. The van der Waals surface area contributed by atoms with Crippen molar-refractivity contribution in [1.82, 2.24) is 15.2 Å². The number of hydrogen-bond donors (Lipinski definition) is 1. The van der Waals surface area contributed by atoms with Crippen molar-refractivity contribution in [2.45, 2.75) is 39.2 Å². The molecule has 2 heterocycles. The zero-order valence-corrected chi connectivity index (χ0v) is 14.2. The summed E-state index contributed by atoms with van der Waals surface area (Å²) in [6.07, 6.45) is 3.52. The molecule has 1 aromatic heterocycles. The number of carbonyl (C=O) groups excluding carboxylic acids is 3. The van der Waals surface area contributed by atoms with Crippen LogP contribution in [0.5, 0.6) is 0 Å². The van der Waals surface area contributed by atoms with Crippen LogP contribution in [0.4, 0.5) is 10.5 Å². The molecule has 7 heteroatoms. The lowest BCUT2D eigenvalue weighted by atomic mass is 9.96. The van der Waals surface area contributed by atoms with Gasteiger partial charge in [-0.1, -0.05) is 0 Å². The lowest BCUT2D eigenvalue weighted by Gasteiger charge is -2.25. The van der Waals surface area contributed by atoms with Crippen molar-refractivity contribution in [1.29, 1.82) is 0 Å². The number of amides is 4. The number of likely N-dealkylation sites (N-methyl/N-ethyl adjacent to an activating group) is 1. The van der Waals surface area contributed by atoms with Gasteiger partial charge in [0.25, 0.3) is 5.91 Å². The predicted octanol–water partition coefficient (Wildman–Crippen LogP) is 1.46. The third-order valence-corrected chi connectivity index (χ3v) is 4.88. The fraction of sp³-hybridized carbons (Fsp3) is 0.529. The van der Waals surface area contributed by atoms with Crippen LogP contribution in [0.25, 0.3) is 0 Å². The summed E-state index contributed by atoms with van der Waals surface area (Å²) >= 11 is 0. The second-order valence-electron chi connectivity index (χ2n) is 6.54. The van der Waals surface area contributed by atoms with E-state index >= 15 is 0 Å². The topological polar surface area (TPSA) is 82.6 Å².